The molecule has 1 fully saturated rings. The average molecular weight is 391 g/mol. The van der Waals surface area contributed by atoms with E-state index in [-0.39, 0.29) is 18.6 Å². The summed E-state index contributed by atoms with van der Waals surface area (Å²) in [6.45, 7) is 1.26. The number of fused-ring (bicyclic) bond motifs is 1. The van der Waals surface area contributed by atoms with E-state index in [2.05, 4.69) is 20.9 Å². The van der Waals surface area contributed by atoms with Crippen molar-refractivity contribution in [3.63, 3.8) is 0 Å². The number of aromatic nitrogens is 1. The van der Waals surface area contributed by atoms with Crippen LogP contribution in [0.4, 0.5) is 0 Å². The summed E-state index contributed by atoms with van der Waals surface area (Å²) in [5, 5.41) is 0. The second-order valence-electron chi connectivity index (χ2n) is 5.64. The lowest BCUT2D eigenvalue weighted by Gasteiger charge is -2.40. The summed E-state index contributed by atoms with van der Waals surface area (Å²) in [6.07, 6.45) is 1.01. The standard InChI is InChI=1S/C17H15BrN2O4/c18-12-4-3-7-19-16(12)23-11-8-20(9-11)17(21)15-10-22-13-5-1-2-6-14(13)24-15/h1-7,11,15H,8-10H2. The molecule has 0 bridgehead atoms. The maximum atomic E-state index is 12.5. The van der Waals surface area contributed by atoms with Crippen LogP contribution in [-0.4, -0.2) is 47.7 Å². The Hall–Kier alpha value is -2.28. The van der Waals surface area contributed by atoms with Gasteiger partial charge in [0, 0.05) is 6.20 Å². The molecule has 1 aromatic heterocycles. The van der Waals surface area contributed by atoms with Crippen LogP contribution in [0.3, 0.4) is 0 Å². The molecule has 0 radical (unpaired) electrons. The van der Waals surface area contributed by atoms with Gasteiger partial charge in [-0.25, -0.2) is 4.98 Å². The first kappa shape index (κ1) is 15.3. The largest absolute Gasteiger partial charge is 0.485 e. The molecule has 0 spiro atoms. The van der Waals surface area contributed by atoms with Gasteiger partial charge in [0.1, 0.15) is 12.7 Å². The van der Waals surface area contributed by atoms with Crippen molar-refractivity contribution in [2.24, 2.45) is 0 Å². The lowest BCUT2D eigenvalue weighted by molar-refractivity contribution is -0.150. The van der Waals surface area contributed by atoms with E-state index < -0.39 is 6.10 Å². The fourth-order valence-corrected chi connectivity index (χ4v) is 3.00. The number of likely N-dealkylation sites (tertiary alicyclic amines) is 1. The molecule has 2 aliphatic rings. The predicted molar refractivity (Wildman–Crippen MR) is 89.3 cm³/mol. The second-order valence-corrected chi connectivity index (χ2v) is 6.49. The Morgan fingerprint density at radius 2 is 2.00 bits per heavy atom. The summed E-state index contributed by atoms with van der Waals surface area (Å²) in [5.41, 5.74) is 0. The number of carbonyl (C=O) groups is 1. The Balaban J connectivity index is 1.33. The van der Waals surface area contributed by atoms with E-state index >= 15 is 0 Å². The molecule has 2 aliphatic heterocycles. The van der Waals surface area contributed by atoms with Crippen LogP contribution in [0, 0.1) is 0 Å². The van der Waals surface area contributed by atoms with Crippen molar-refractivity contribution in [3.8, 4) is 17.4 Å². The van der Waals surface area contributed by atoms with Gasteiger partial charge in [-0.05, 0) is 40.2 Å². The molecular weight excluding hydrogens is 376 g/mol. The van der Waals surface area contributed by atoms with Crippen LogP contribution in [-0.2, 0) is 4.79 Å². The van der Waals surface area contributed by atoms with Crippen LogP contribution >= 0.6 is 15.9 Å². The molecule has 1 atom stereocenters. The zero-order chi connectivity index (χ0) is 16.5. The molecule has 24 heavy (non-hydrogen) atoms. The lowest BCUT2D eigenvalue weighted by Crippen LogP contribution is -2.60. The highest BCUT2D eigenvalue weighted by molar-refractivity contribution is 9.10. The van der Waals surface area contributed by atoms with Gasteiger partial charge in [-0.3, -0.25) is 4.79 Å². The van der Waals surface area contributed by atoms with E-state index in [0.717, 1.165) is 4.47 Å². The number of carbonyl (C=O) groups excluding carboxylic acids is 1. The Labute approximate surface area is 147 Å². The minimum Gasteiger partial charge on any atom is -0.485 e. The molecule has 4 rings (SSSR count). The summed E-state index contributed by atoms with van der Waals surface area (Å²) >= 11 is 3.40. The third-order valence-electron chi connectivity index (χ3n) is 3.95. The van der Waals surface area contributed by atoms with Crippen LogP contribution in [0.25, 0.3) is 0 Å². The number of nitrogens with zero attached hydrogens (tertiary/aromatic N) is 2. The molecule has 3 heterocycles. The molecule has 1 unspecified atom stereocenters. The third-order valence-corrected chi connectivity index (χ3v) is 4.55. The number of hydrogen-bond donors (Lipinski definition) is 0. The Kier molecular flexibility index (Phi) is 4.02. The first-order chi connectivity index (χ1) is 11.7. The Bertz CT molecular complexity index is 764. The summed E-state index contributed by atoms with van der Waals surface area (Å²) in [4.78, 5) is 18.4. The number of hydrogen-bond acceptors (Lipinski definition) is 5. The van der Waals surface area contributed by atoms with Gasteiger partial charge in [0.05, 0.1) is 17.6 Å². The summed E-state index contributed by atoms with van der Waals surface area (Å²) in [5.74, 6) is 1.74. The lowest BCUT2D eigenvalue weighted by atomic mass is 10.1. The second kappa shape index (κ2) is 6.32. The van der Waals surface area contributed by atoms with Gasteiger partial charge in [-0.1, -0.05) is 12.1 Å². The monoisotopic (exact) mass is 390 g/mol. The molecule has 1 aromatic carbocycles. The zero-order valence-corrected chi connectivity index (χ0v) is 14.3. The first-order valence-corrected chi connectivity index (χ1v) is 8.44. The van der Waals surface area contributed by atoms with E-state index in [1.54, 1.807) is 17.2 Å². The van der Waals surface area contributed by atoms with E-state index in [0.29, 0.717) is 30.5 Å². The van der Waals surface area contributed by atoms with Gasteiger partial charge in [0.15, 0.2) is 11.5 Å². The number of benzene rings is 1. The van der Waals surface area contributed by atoms with Crippen molar-refractivity contribution in [2.75, 3.05) is 19.7 Å². The van der Waals surface area contributed by atoms with Gasteiger partial charge in [0.2, 0.25) is 12.0 Å². The molecule has 1 amide bonds. The Morgan fingerprint density at radius 1 is 1.21 bits per heavy atom. The fraction of sp³-hybridized carbons (Fsp3) is 0.294. The maximum absolute atomic E-state index is 12.5. The van der Waals surface area contributed by atoms with Gasteiger partial charge in [0.25, 0.3) is 5.91 Å². The maximum Gasteiger partial charge on any atom is 0.267 e. The van der Waals surface area contributed by atoms with Crippen molar-refractivity contribution in [1.82, 2.24) is 9.88 Å². The van der Waals surface area contributed by atoms with Gasteiger partial charge >= 0.3 is 0 Å². The number of ether oxygens (including phenoxy) is 3. The summed E-state index contributed by atoms with van der Waals surface area (Å²) < 4.78 is 17.9. The topological polar surface area (TPSA) is 60.9 Å². The fourth-order valence-electron chi connectivity index (χ4n) is 2.65. The SMILES string of the molecule is O=C(C1COc2ccccc2O1)N1CC(Oc2ncccc2Br)C1. The normalized spacial score (nSPS) is 19.5. The highest BCUT2D eigenvalue weighted by Gasteiger charge is 2.39. The van der Waals surface area contributed by atoms with E-state index in [1.807, 2.05) is 30.3 Å². The van der Waals surface area contributed by atoms with Crippen molar-refractivity contribution >= 4 is 21.8 Å². The van der Waals surface area contributed by atoms with Crippen molar-refractivity contribution in [3.05, 3.63) is 47.1 Å². The molecule has 124 valence electrons. The summed E-state index contributed by atoms with van der Waals surface area (Å²) in [7, 11) is 0. The molecule has 7 heteroatoms. The number of rotatable bonds is 3. The van der Waals surface area contributed by atoms with E-state index in [4.69, 9.17) is 14.2 Å². The highest BCUT2D eigenvalue weighted by Crippen LogP contribution is 2.32. The molecule has 1 saturated heterocycles. The zero-order valence-electron chi connectivity index (χ0n) is 12.7. The van der Waals surface area contributed by atoms with Crippen LogP contribution < -0.4 is 14.2 Å². The predicted octanol–water partition coefficient (Wildman–Crippen LogP) is 2.27. The molecule has 6 nitrogen and oxygen atoms in total. The minimum atomic E-state index is -0.609. The number of amides is 1. The quantitative estimate of drug-likeness (QED) is 0.804. The molecule has 0 saturated carbocycles. The van der Waals surface area contributed by atoms with E-state index in [9.17, 15) is 4.79 Å². The van der Waals surface area contributed by atoms with Crippen LogP contribution in [0.5, 0.6) is 17.4 Å². The van der Waals surface area contributed by atoms with Crippen LogP contribution in [0.1, 0.15) is 0 Å². The number of halogens is 1. The first-order valence-electron chi connectivity index (χ1n) is 7.65. The van der Waals surface area contributed by atoms with E-state index in [1.165, 1.54) is 0 Å². The highest BCUT2D eigenvalue weighted by atomic mass is 79.9. The average Bonchev–Trinajstić information content (AvgIpc) is 2.58. The minimum absolute atomic E-state index is 0.0584. The van der Waals surface area contributed by atoms with Gasteiger partial charge < -0.3 is 19.1 Å². The third kappa shape index (κ3) is 2.91. The number of para-hydroxylation sites is 2. The smallest absolute Gasteiger partial charge is 0.267 e. The molecular formula is C17H15BrN2O4. The van der Waals surface area contributed by atoms with Crippen molar-refractivity contribution in [1.29, 1.82) is 0 Å². The van der Waals surface area contributed by atoms with Gasteiger partial charge in [-0.2, -0.15) is 0 Å². The number of pyridine rings is 1. The van der Waals surface area contributed by atoms with Crippen LogP contribution in [0.15, 0.2) is 47.1 Å². The molecule has 0 N–H and O–H groups in total. The summed E-state index contributed by atoms with van der Waals surface area (Å²) in [6, 6.07) is 11.1. The van der Waals surface area contributed by atoms with Crippen molar-refractivity contribution in [2.45, 2.75) is 12.2 Å². The Morgan fingerprint density at radius 3 is 2.79 bits per heavy atom. The van der Waals surface area contributed by atoms with Crippen LogP contribution in [0.2, 0.25) is 0 Å². The van der Waals surface area contributed by atoms with Gasteiger partial charge in [-0.15, -0.1) is 0 Å². The van der Waals surface area contributed by atoms with Crippen molar-refractivity contribution < 1.29 is 19.0 Å². The molecule has 0 aliphatic carbocycles. The molecule has 2 aromatic rings.